The van der Waals surface area contributed by atoms with Crippen molar-refractivity contribution in [2.75, 3.05) is 6.61 Å². The summed E-state index contributed by atoms with van der Waals surface area (Å²) in [7, 11) is 0. The standard InChI is InChI=1S/C22H27NO4/c1-5-9-27-21(26)18-13(2)23-16-11-22(3,4)12-17(25)20(16)19(18)14-7-6-8-15(24)10-14/h6-8,10,18-19,24H,5,9,11-12H2,1-4H3/t18?,19-/m1/s1. The fraction of sp³-hybridized carbons (Fsp3) is 0.500. The predicted molar refractivity (Wildman–Crippen MR) is 104 cm³/mol. The van der Waals surface area contributed by atoms with Gasteiger partial charge in [0, 0.05) is 29.3 Å². The number of aliphatic imine (C=N–C) groups is 1. The SMILES string of the molecule is CCCOC(=O)C1C(C)=NC2=C(C(=O)CC(C)(C)C2)[C@@H]1c1cccc(O)c1. The number of allylic oxidation sites excluding steroid dienone is 2. The maximum absolute atomic E-state index is 13.1. The molecular weight excluding hydrogens is 342 g/mol. The van der Waals surface area contributed by atoms with Gasteiger partial charge in [-0.2, -0.15) is 0 Å². The van der Waals surface area contributed by atoms with Crippen molar-refractivity contribution in [3.05, 3.63) is 41.1 Å². The lowest BCUT2D eigenvalue weighted by molar-refractivity contribution is -0.146. The van der Waals surface area contributed by atoms with Gasteiger partial charge >= 0.3 is 5.97 Å². The monoisotopic (exact) mass is 369 g/mol. The zero-order valence-corrected chi connectivity index (χ0v) is 16.4. The summed E-state index contributed by atoms with van der Waals surface area (Å²) in [5, 5.41) is 9.97. The number of aromatic hydroxyl groups is 1. The van der Waals surface area contributed by atoms with E-state index in [0.29, 0.717) is 30.7 Å². The largest absolute Gasteiger partial charge is 0.508 e. The fourth-order valence-electron chi connectivity index (χ4n) is 4.12. The first kappa shape index (κ1) is 19.3. The molecule has 1 heterocycles. The second kappa shape index (κ2) is 7.29. The van der Waals surface area contributed by atoms with Crippen LogP contribution in [0, 0.1) is 11.3 Å². The molecule has 1 aliphatic carbocycles. The number of ether oxygens (including phenoxy) is 1. The molecule has 0 fully saturated rings. The van der Waals surface area contributed by atoms with Gasteiger partial charge in [-0.1, -0.05) is 32.9 Å². The minimum absolute atomic E-state index is 0.0270. The third-order valence-corrected chi connectivity index (χ3v) is 5.23. The molecule has 144 valence electrons. The zero-order valence-electron chi connectivity index (χ0n) is 16.4. The van der Waals surface area contributed by atoms with Crippen molar-refractivity contribution in [3.63, 3.8) is 0 Å². The molecule has 3 rings (SSSR count). The summed E-state index contributed by atoms with van der Waals surface area (Å²) in [6.07, 6.45) is 1.84. The third-order valence-electron chi connectivity index (χ3n) is 5.23. The highest BCUT2D eigenvalue weighted by molar-refractivity contribution is 6.09. The van der Waals surface area contributed by atoms with Crippen molar-refractivity contribution in [3.8, 4) is 5.75 Å². The first-order valence-corrected chi connectivity index (χ1v) is 9.50. The fourth-order valence-corrected chi connectivity index (χ4v) is 4.12. The topological polar surface area (TPSA) is 76.0 Å². The van der Waals surface area contributed by atoms with E-state index < -0.39 is 11.8 Å². The Hall–Kier alpha value is -2.43. The van der Waals surface area contributed by atoms with Gasteiger partial charge in [-0.3, -0.25) is 14.6 Å². The number of hydrogen-bond acceptors (Lipinski definition) is 5. The number of carbonyl (C=O) groups excluding carboxylic acids is 2. The number of nitrogens with zero attached hydrogens (tertiary/aromatic N) is 1. The maximum atomic E-state index is 13.1. The number of hydrogen-bond donors (Lipinski definition) is 1. The molecule has 1 unspecified atom stereocenters. The normalized spacial score (nSPS) is 24.3. The Bertz CT molecular complexity index is 834. The van der Waals surface area contributed by atoms with Crippen LogP contribution in [-0.2, 0) is 14.3 Å². The van der Waals surface area contributed by atoms with Crippen LogP contribution in [0.1, 0.15) is 58.4 Å². The van der Waals surface area contributed by atoms with Crippen molar-refractivity contribution < 1.29 is 19.4 Å². The van der Waals surface area contributed by atoms with Crippen LogP contribution in [0.25, 0.3) is 0 Å². The summed E-state index contributed by atoms with van der Waals surface area (Å²) in [5.74, 6) is -1.35. The Morgan fingerprint density at radius 2 is 2.07 bits per heavy atom. The molecule has 0 spiro atoms. The molecule has 0 saturated carbocycles. The number of rotatable bonds is 4. The zero-order chi connectivity index (χ0) is 19.8. The Balaban J connectivity index is 2.13. The van der Waals surface area contributed by atoms with Crippen LogP contribution in [0.4, 0.5) is 0 Å². The Kier molecular flexibility index (Phi) is 5.22. The van der Waals surface area contributed by atoms with E-state index in [2.05, 4.69) is 18.8 Å². The summed E-state index contributed by atoms with van der Waals surface area (Å²) in [6.45, 7) is 8.22. The van der Waals surface area contributed by atoms with Crippen LogP contribution in [0.2, 0.25) is 0 Å². The van der Waals surface area contributed by atoms with E-state index in [9.17, 15) is 14.7 Å². The van der Waals surface area contributed by atoms with Crippen LogP contribution >= 0.6 is 0 Å². The average molecular weight is 369 g/mol. The number of esters is 1. The molecule has 0 radical (unpaired) electrons. The van der Waals surface area contributed by atoms with E-state index in [1.165, 1.54) is 0 Å². The highest BCUT2D eigenvalue weighted by Crippen LogP contribution is 2.48. The lowest BCUT2D eigenvalue weighted by Gasteiger charge is -2.39. The van der Waals surface area contributed by atoms with Gasteiger partial charge in [0.25, 0.3) is 0 Å². The summed E-state index contributed by atoms with van der Waals surface area (Å²) in [6, 6.07) is 6.79. The van der Waals surface area contributed by atoms with Gasteiger partial charge in [0.15, 0.2) is 5.78 Å². The minimum Gasteiger partial charge on any atom is -0.508 e. The molecule has 1 N–H and O–H groups in total. The quantitative estimate of drug-likeness (QED) is 0.809. The van der Waals surface area contributed by atoms with Gasteiger partial charge in [-0.25, -0.2) is 0 Å². The molecule has 2 atom stereocenters. The minimum atomic E-state index is -0.651. The maximum Gasteiger partial charge on any atom is 0.315 e. The van der Waals surface area contributed by atoms with E-state index in [-0.39, 0.29) is 22.9 Å². The van der Waals surface area contributed by atoms with E-state index >= 15 is 0 Å². The van der Waals surface area contributed by atoms with E-state index in [1.54, 1.807) is 18.2 Å². The lowest BCUT2D eigenvalue weighted by Crippen LogP contribution is -2.39. The predicted octanol–water partition coefficient (Wildman–Crippen LogP) is 4.16. The van der Waals surface area contributed by atoms with Gasteiger partial charge in [0.1, 0.15) is 11.7 Å². The number of ketones is 1. The molecule has 0 saturated heterocycles. The second-order valence-corrected chi connectivity index (χ2v) is 8.27. The van der Waals surface area contributed by atoms with Gasteiger partial charge in [0.05, 0.1) is 6.61 Å². The summed E-state index contributed by atoms with van der Waals surface area (Å²) in [5.41, 5.74) is 2.61. The third kappa shape index (κ3) is 3.82. The van der Waals surface area contributed by atoms with Crippen molar-refractivity contribution in [2.24, 2.45) is 16.3 Å². The van der Waals surface area contributed by atoms with Gasteiger partial charge < -0.3 is 9.84 Å². The molecule has 2 aliphatic rings. The molecule has 1 aliphatic heterocycles. The summed E-state index contributed by atoms with van der Waals surface area (Å²) >= 11 is 0. The number of Topliss-reactive ketones (excluding diaryl/α,β-unsaturated/α-hetero) is 1. The highest BCUT2D eigenvalue weighted by Gasteiger charge is 2.46. The van der Waals surface area contributed by atoms with Crippen molar-refractivity contribution in [1.29, 1.82) is 0 Å². The molecular formula is C22H27NO4. The Labute approximate surface area is 160 Å². The summed E-state index contributed by atoms with van der Waals surface area (Å²) in [4.78, 5) is 30.6. The molecule has 0 aromatic heterocycles. The average Bonchev–Trinajstić information content (AvgIpc) is 2.57. The first-order valence-electron chi connectivity index (χ1n) is 9.50. The highest BCUT2D eigenvalue weighted by atomic mass is 16.5. The molecule has 5 heteroatoms. The van der Waals surface area contributed by atoms with Crippen LogP contribution in [0.5, 0.6) is 5.75 Å². The smallest absolute Gasteiger partial charge is 0.315 e. The van der Waals surface area contributed by atoms with E-state index in [4.69, 9.17) is 4.74 Å². The molecule has 1 aromatic carbocycles. The van der Waals surface area contributed by atoms with Gasteiger partial charge in [-0.05, 0) is 42.9 Å². The molecule has 0 bridgehead atoms. The van der Waals surface area contributed by atoms with Crippen LogP contribution in [0.15, 0.2) is 40.5 Å². The van der Waals surface area contributed by atoms with Crippen LogP contribution < -0.4 is 0 Å². The molecule has 1 aromatic rings. The molecule has 5 nitrogen and oxygen atoms in total. The summed E-state index contributed by atoms with van der Waals surface area (Å²) < 4.78 is 5.42. The van der Waals surface area contributed by atoms with Crippen LogP contribution in [0.3, 0.4) is 0 Å². The number of phenols is 1. The molecule has 0 amide bonds. The van der Waals surface area contributed by atoms with Crippen molar-refractivity contribution in [1.82, 2.24) is 0 Å². The number of benzene rings is 1. The van der Waals surface area contributed by atoms with Crippen molar-refractivity contribution >= 4 is 17.5 Å². The Morgan fingerprint density at radius 3 is 2.74 bits per heavy atom. The lowest BCUT2D eigenvalue weighted by atomic mass is 9.67. The van der Waals surface area contributed by atoms with E-state index in [0.717, 1.165) is 17.7 Å². The number of carbonyl (C=O) groups is 2. The first-order chi connectivity index (χ1) is 12.7. The van der Waals surface area contributed by atoms with Crippen molar-refractivity contribution in [2.45, 2.75) is 52.9 Å². The second-order valence-electron chi connectivity index (χ2n) is 8.27. The molecule has 27 heavy (non-hydrogen) atoms. The van der Waals surface area contributed by atoms with E-state index in [1.807, 2.05) is 19.9 Å². The number of phenolic OH excluding ortho intramolecular Hbond substituents is 1. The Morgan fingerprint density at radius 1 is 1.33 bits per heavy atom. The van der Waals surface area contributed by atoms with Crippen LogP contribution in [-0.4, -0.2) is 29.2 Å². The van der Waals surface area contributed by atoms with Gasteiger partial charge in [-0.15, -0.1) is 0 Å². The van der Waals surface area contributed by atoms with Gasteiger partial charge in [0.2, 0.25) is 0 Å².